The molecule has 0 aromatic heterocycles. The van der Waals surface area contributed by atoms with E-state index in [1.54, 1.807) is 6.07 Å². The smallest absolute Gasteiger partial charge is 0.209 e. The zero-order valence-electron chi connectivity index (χ0n) is 8.80. The normalized spacial score (nSPS) is 11.1. The van der Waals surface area contributed by atoms with Crippen LogP contribution in [0.25, 0.3) is 0 Å². The number of benzene rings is 1. The van der Waals surface area contributed by atoms with E-state index in [1.807, 2.05) is 19.1 Å². The highest BCUT2D eigenvalue weighted by atomic mass is 32.2. The molecule has 0 heterocycles. The van der Waals surface area contributed by atoms with Gasteiger partial charge in [0.1, 0.15) is 6.07 Å². The summed E-state index contributed by atoms with van der Waals surface area (Å²) in [7, 11) is -3.43. The van der Waals surface area contributed by atoms with E-state index in [2.05, 4.69) is 6.07 Å². The molecule has 0 spiro atoms. The number of sulfonamides is 1. The maximum Gasteiger partial charge on any atom is 0.209 e. The van der Waals surface area contributed by atoms with E-state index in [-0.39, 0.29) is 5.75 Å². The summed E-state index contributed by atoms with van der Waals surface area (Å²) in [5, 5.41) is 13.8. The van der Waals surface area contributed by atoms with Crippen LogP contribution in [0.3, 0.4) is 0 Å². The first-order valence-electron chi connectivity index (χ1n) is 4.56. The van der Waals surface area contributed by atoms with Crippen LogP contribution in [0.4, 0.5) is 0 Å². The van der Waals surface area contributed by atoms with Gasteiger partial charge in [-0.3, -0.25) is 0 Å². The van der Waals surface area contributed by atoms with Crippen LogP contribution in [0.1, 0.15) is 11.1 Å². The summed E-state index contributed by atoms with van der Waals surface area (Å²) >= 11 is 1.33. The quantitative estimate of drug-likeness (QED) is 0.822. The maximum absolute atomic E-state index is 10.7. The van der Waals surface area contributed by atoms with E-state index in [4.69, 9.17) is 10.4 Å². The van der Waals surface area contributed by atoms with Crippen LogP contribution in [0, 0.1) is 18.3 Å². The van der Waals surface area contributed by atoms with Crippen molar-refractivity contribution >= 4 is 21.8 Å². The monoisotopic (exact) mass is 256 g/mol. The van der Waals surface area contributed by atoms with E-state index in [0.717, 1.165) is 10.5 Å². The standard InChI is InChI=1S/C10H12N2O2S2/c1-8-2-3-10(9(6-8)7-11)15-4-5-16(12,13)14/h2-3,6H,4-5H2,1H3,(H2,12,13,14). The van der Waals surface area contributed by atoms with Gasteiger partial charge in [0.15, 0.2) is 0 Å². The largest absolute Gasteiger partial charge is 0.229 e. The third-order valence-electron chi connectivity index (χ3n) is 1.88. The van der Waals surface area contributed by atoms with E-state index in [9.17, 15) is 8.42 Å². The number of thioether (sulfide) groups is 1. The van der Waals surface area contributed by atoms with Crippen LogP contribution in [0.2, 0.25) is 0 Å². The van der Waals surface area contributed by atoms with Crippen molar-refractivity contribution in [1.29, 1.82) is 5.26 Å². The fourth-order valence-corrected chi connectivity index (χ4v) is 3.03. The van der Waals surface area contributed by atoms with E-state index < -0.39 is 10.0 Å². The summed E-state index contributed by atoms with van der Waals surface area (Å²) in [6, 6.07) is 7.57. The first-order chi connectivity index (χ1) is 7.42. The molecule has 1 aromatic carbocycles. The first-order valence-corrected chi connectivity index (χ1v) is 7.26. The van der Waals surface area contributed by atoms with Gasteiger partial charge in [0.25, 0.3) is 0 Å². The molecule has 0 unspecified atom stereocenters. The fraction of sp³-hybridized carbons (Fsp3) is 0.300. The van der Waals surface area contributed by atoms with Crippen molar-refractivity contribution in [1.82, 2.24) is 0 Å². The lowest BCUT2D eigenvalue weighted by atomic mass is 10.2. The number of hydrogen-bond donors (Lipinski definition) is 1. The molecule has 1 aromatic rings. The topological polar surface area (TPSA) is 84.0 Å². The predicted molar refractivity (Wildman–Crippen MR) is 64.6 cm³/mol. The molecule has 0 aliphatic rings. The molecule has 16 heavy (non-hydrogen) atoms. The van der Waals surface area contributed by atoms with Gasteiger partial charge < -0.3 is 0 Å². The second kappa shape index (κ2) is 5.34. The molecule has 0 saturated heterocycles. The molecule has 0 fully saturated rings. The second-order valence-corrected chi connectivity index (χ2v) is 6.20. The van der Waals surface area contributed by atoms with Gasteiger partial charge in [0.05, 0.1) is 11.3 Å². The Labute approximate surface area is 99.5 Å². The highest BCUT2D eigenvalue weighted by Crippen LogP contribution is 2.23. The van der Waals surface area contributed by atoms with E-state index >= 15 is 0 Å². The molecule has 6 heteroatoms. The number of rotatable bonds is 4. The van der Waals surface area contributed by atoms with Crippen molar-refractivity contribution in [2.75, 3.05) is 11.5 Å². The molecule has 2 N–H and O–H groups in total. The molecule has 0 aliphatic carbocycles. The lowest BCUT2D eigenvalue weighted by Crippen LogP contribution is -2.17. The maximum atomic E-state index is 10.7. The average molecular weight is 256 g/mol. The zero-order valence-corrected chi connectivity index (χ0v) is 10.4. The lowest BCUT2D eigenvalue weighted by Gasteiger charge is -2.04. The summed E-state index contributed by atoms with van der Waals surface area (Å²) in [4.78, 5) is 0.789. The van der Waals surface area contributed by atoms with Crippen LogP contribution in [0.5, 0.6) is 0 Å². The second-order valence-electron chi connectivity index (χ2n) is 3.33. The van der Waals surface area contributed by atoms with Crippen molar-refractivity contribution in [3.63, 3.8) is 0 Å². The zero-order chi connectivity index (χ0) is 12.2. The number of nitrogens with two attached hydrogens (primary N) is 1. The van der Waals surface area contributed by atoms with Gasteiger partial charge in [-0.05, 0) is 24.6 Å². The lowest BCUT2D eigenvalue weighted by molar-refractivity contribution is 0.599. The molecule has 4 nitrogen and oxygen atoms in total. The Morgan fingerprint density at radius 2 is 2.19 bits per heavy atom. The van der Waals surface area contributed by atoms with Crippen LogP contribution in [-0.2, 0) is 10.0 Å². The summed E-state index contributed by atoms with van der Waals surface area (Å²) < 4.78 is 21.5. The first kappa shape index (κ1) is 13.0. The van der Waals surface area contributed by atoms with Gasteiger partial charge >= 0.3 is 0 Å². The summed E-state index contributed by atoms with van der Waals surface area (Å²) in [6.45, 7) is 1.90. The van der Waals surface area contributed by atoms with Gasteiger partial charge in [-0.2, -0.15) is 5.26 Å². The molecule has 0 saturated carbocycles. The number of hydrogen-bond acceptors (Lipinski definition) is 4. The summed E-state index contributed by atoms with van der Waals surface area (Å²) in [5.74, 6) is 0.271. The van der Waals surface area contributed by atoms with Gasteiger partial charge in [-0.25, -0.2) is 13.6 Å². The Hall–Kier alpha value is -1.03. The van der Waals surface area contributed by atoms with Crippen molar-refractivity contribution in [3.8, 4) is 6.07 Å². The van der Waals surface area contributed by atoms with Gasteiger partial charge in [-0.1, -0.05) is 6.07 Å². The molecule has 86 valence electrons. The molecule has 0 bridgehead atoms. The van der Waals surface area contributed by atoms with Crippen LogP contribution in [0.15, 0.2) is 23.1 Å². The van der Waals surface area contributed by atoms with Gasteiger partial charge in [0, 0.05) is 10.6 Å². The third-order valence-corrected chi connectivity index (χ3v) is 3.99. The van der Waals surface area contributed by atoms with Crippen molar-refractivity contribution in [3.05, 3.63) is 29.3 Å². The Bertz CT molecular complexity index is 518. The number of nitriles is 1. The summed E-state index contributed by atoms with van der Waals surface area (Å²) in [5.41, 5.74) is 1.58. The molecular weight excluding hydrogens is 244 g/mol. The number of primary sulfonamides is 1. The van der Waals surface area contributed by atoms with Crippen molar-refractivity contribution < 1.29 is 8.42 Å². The van der Waals surface area contributed by atoms with Crippen LogP contribution in [-0.4, -0.2) is 19.9 Å². The minimum atomic E-state index is -3.43. The Balaban J connectivity index is 2.72. The molecular formula is C10H12N2O2S2. The SMILES string of the molecule is Cc1ccc(SCCS(N)(=O)=O)c(C#N)c1. The summed E-state index contributed by atoms with van der Waals surface area (Å²) in [6.07, 6.45) is 0. The van der Waals surface area contributed by atoms with E-state index in [1.165, 1.54) is 11.8 Å². The van der Waals surface area contributed by atoms with Crippen molar-refractivity contribution in [2.24, 2.45) is 5.14 Å². The Morgan fingerprint density at radius 3 is 2.75 bits per heavy atom. The third kappa shape index (κ3) is 4.23. The Kier molecular flexibility index (Phi) is 4.35. The average Bonchev–Trinajstić information content (AvgIpc) is 2.18. The van der Waals surface area contributed by atoms with Gasteiger partial charge in [-0.15, -0.1) is 11.8 Å². The molecule has 0 radical (unpaired) electrons. The molecule has 0 aliphatic heterocycles. The fourth-order valence-electron chi connectivity index (χ4n) is 1.12. The van der Waals surface area contributed by atoms with Crippen LogP contribution < -0.4 is 5.14 Å². The molecule has 1 rings (SSSR count). The number of nitrogens with zero attached hydrogens (tertiary/aromatic N) is 1. The highest BCUT2D eigenvalue weighted by Gasteiger charge is 2.06. The van der Waals surface area contributed by atoms with Crippen LogP contribution >= 0.6 is 11.8 Å². The van der Waals surface area contributed by atoms with Gasteiger partial charge in [0.2, 0.25) is 10.0 Å². The minimum Gasteiger partial charge on any atom is -0.229 e. The Morgan fingerprint density at radius 1 is 1.50 bits per heavy atom. The minimum absolute atomic E-state index is 0.0869. The number of aryl methyl sites for hydroxylation is 1. The highest BCUT2D eigenvalue weighted by molar-refractivity contribution is 8.00. The van der Waals surface area contributed by atoms with Crippen molar-refractivity contribution in [2.45, 2.75) is 11.8 Å². The molecule has 0 atom stereocenters. The van der Waals surface area contributed by atoms with E-state index in [0.29, 0.717) is 11.3 Å². The molecule has 0 amide bonds. The predicted octanol–water partition coefficient (Wildman–Crippen LogP) is 1.25.